The number of hydrogen-bond donors (Lipinski definition) is 0. The van der Waals surface area contributed by atoms with Gasteiger partial charge in [0.1, 0.15) is 0 Å². The first-order valence-electron chi connectivity index (χ1n) is 6.48. The minimum absolute atomic E-state index is 0.0410. The molecule has 2 rings (SSSR count). The molecule has 0 N–H and O–H groups in total. The normalized spacial score (nSPS) is 10.1. The molecule has 0 amide bonds. The van der Waals surface area contributed by atoms with Gasteiger partial charge in [-0.05, 0) is 37.3 Å². The summed E-state index contributed by atoms with van der Waals surface area (Å²) < 4.78 is 23.2. The van der Waals surface area contributed by atoms with Crippen LogP contribution in [0.5, 0.6) is 5.75 Å². The lowest BCUT2D eigenvalue weighted by Gasteiger charge is -2.06. The summed E-state index contributed by atoms with van der Waals surface area (Å²) in [7, 11) is 1.33. The van der Waals surface area contributed by atoms with Gasteiger partial charge < -0.3 is 9.47 Å². The summed E-state index contributed by atoms with van der Waals surface area (Å²) in [6, 6.07) is 7.02. The Kier molecular flexibility index (Phi) is 4.83. The molecule has 0 saturated heterocycles. The monoisotopic (exact) mass is 303 g/mol. The maximum absolute atomic E-state index is 13.5. The molecule has 0 spiro atoms. The number of ether oxygens (including phenoxy) is 2. The van der Waals surface area contributed by atoms with Crippen LogP contribution in [0.4, 0.5) is 4.39 Å². The van der Waals surface area contributed by atoms with Crippen molar-refractivity contribution in [2.45, 2.75) is 6.92 Å². The van der Waals surface area contributed by atoms with Crippen molar-refractivity contribution in [1.29, 1.82) is 0 Å². The number of carbonyl (C=O) groups is 2. The molecule has 0 aliphatic rings. The zero-order valence-corrected chi connectivity index (χ0v) is 12.1. The van der Waals surface area contributed by atoms with Crippen molar-refractivity contribution in [3.05, 3.63) is 59.2 Å². The van der Waals surface area contributed by atoms with Crippen LogP contribution in [-0.2, 0) is 4.74 Å². The number of carbonyl (C=O) groups excluding carboxylic acids is 2. The van der Waals surface area contributed by atoms with Gasteiger partial charge in [0.25, 0.3) is 0 Å². The molecule has 0 bridgehead atoms. The minimum Gasteiger partial charge on any atom is -0.494 e. The van der Waals surface area contributed by atoms with Crippen molar-refractivity contribution in [3.8, 4) is 5.75 Å². The van der Waals surface area contributed by atoms with Crippen LogP contribution >= 0.6 is 0 Å². The van der Waals surface area contributed by atoms with Gasteiger partial charge in [0.15, 0.2) is 24.0 Å². The Hall–Kier alpha value is -2.76. The van der Waals surface area contributed by atoms with Crippen LogP contribution in [0.3, 0.4) is 0 Å². The number of benzene rings is 1. The summed E-state index contributed by atoms with van der Waals surface area (Å²) in [6.45, 7) is 1.31. The highest BCUT2D eigenvalue weighted by Crippen LogP contribution is 2.18. The summed E-state index contributed by atoms with van der Waals surface area (Å²) in [5, 5.41) is 0. The van der Waals surface area contributed by atoms with Crippen LogP contribution < -0.4 is 4.74 Å². The zero-order chi connectivity index (χ0) is 16.1. The number of aryl methyl sites for hydroxylation is 1. The topological polar surface area (TPSA) is 65.5 Å². The Balaban J connectivity index is 1.99. The Morgan fingerprint density at radius 2 is 1.91 bits per heavy atom. The zero-order valence-electron chi connectivity index (χ0n) is 12.1. The van der Waals surface area contributed by atoms with E-state index in [0.717, 1.165) is 11.8 Å². The third kappa shape index (κ3) is 3.66. The molecule has 0 fully saturated rings. The summed E-state index contributed by atoms with van der Waals surface area (Å²) in [6.07, 6.45) is 1.37. The third-order valence-electron chi connectivity index (χ3n) is 2.96. The highest BCUT2D eigenvalue weighted by molar-refractivity contribution is 5.99. The highest BCUT2D eigenvalue weighted by atomic mass is 19.1. The average molecular weight is 303 g/mol. The van der Waals surface area contributed by atoms with E-state index >= 15 is 0 Å². The lowest BCUT2D eigenvalue weighted by Crippen LogP contribution is -2.14. The van der Waals surface area contributed by atoms with Crippen LogP contribution in [0, 0.1) is 12.7 Å². The summed E-state index contributed by atoms with van der Waals surface area (Å²) >= 11 is 0. The molecule has 0 atom stereocenters. The van der Waals surface area contributed by atoms with Crippen LogP contribution in [0.15, 0.2) is 36.5 Å². The predicted molar refractivity (Wildman–Crippen MR) is 76.5 cm³/mol. The number of methoxy groups -OCH3 is 1. The second kappa shape index (κ2) is 6.80. The molecule has 22 heavy (non-hydrogen) atoms. The van der Waals surface area contributed by atoms with E-state index in [2.05, 4.69) is 4.98 Å². The number of aromatic nitrogens is 1. The quantitative estimate of drug-likeness (QED) is 0.627. The third-order valence-corrected chi connectivity index (χ3v) is 2.96. The Morgan fingerprint density at radius 1 is 1.18 bits per heavy atom. The standard InChI is InChI=1S/C16H14FNO4/c1-10-3-4-12(8-18-10)16(20)22-9-14(19)11-5-6-15(21-2)13(17)7-11/h3-8H,9H2,1-2H3. The van der Waals surface area contributed by atoms with Crippen LogP contribution in [0.2, 0.25) is 0 Å². The highest BCUT2D eigenvalue weighted by Gasteiger charge is 2.14. The molecule has 6 heteroatoms. The van der Waals surface area contributed by atoms with E-state index in [9.17, 15) is 14.0 Å². The van der Waals surface area contributed by atoms with Gasteiger partial charge in [-0.3, -0.25) is 9.78 Å². The van der Waals surface area contributed by atoms with Gasteiger partial charge in [0.05, 0.1) is 12.7 Å². The number of hydrogen-bond acceptors (Lipinski definition) is 5. The summed E-state index contributed by atoms with van der Waals surface area (Å²) in [4.78, 5) is 27.6. The fourth-order valence-electron chi connectivity index (χ4n) is 1.73. The molecule has 114 valence electrons. The molecule has 5 nitrogen and oxygen atoms in total. The molecule has 0 aliphatic heterocycles. The van der Waals surface area contributed by atoms with Gasteiger partial charge in [-0.25, -0.2) is 9.18 Å². The molecule has 1 heterocycles. The molecule has 1 aromatic heterocycles. The van der Waals surface area contributed by atoms with Crippen molar-refractivity contribution in [3.63, 3.8) is 0 Å². The summed E-state index contributed by atoms with van der Waals surface area (Å²) in [5.41, 5.74) is 1.12. The Morgan fingerprint density at radius 3 is 2.50 bits per heavy atom. The molecule has 0 saturated carbocycles. The van der Waals surface area contributed by atoms with Crippen LogP contribution in [0.25, 0.3) is 0 Å². The van der Waals surface area contributed by atoms with Gasteiger partial charge >= 0.3 is 5.97 Å². The molecule has 2 aromatic rings. The Labute approximate surface area is 126 Å². The maximum atomic E-state index is 13.5. The average Bonchev–Trinajstić information content (AvgIpc) is 2.52. The summed E-state index contributed by atoms with van der Waals surface area (Å²) in [5.74, 6) is -1.77. The lowest BCUT2D eigenvalue weighted by molar-refractivity contribution is 0.0474. The lowest BCUT2D eigenvalue weighted by atomic mass is 10.1. The number of Topliss-reactive ketones (excluding diaryl/α,β-unsaturated/α-hetero) is 1. The number of rotatable bonds is 5. The van der Waals surface area contributed by atoms with E-state index in [-0.39, 0.29) is 16.9 Å². The van der Waals surface area contributed by atoms with Crippen LogP contribution in [-0.4, -0.2) is 30.5 Å². The SMILES string of the molecule is COc1ccc(C(=O)COC(=O)c2ccc(C)nc2)cc1F. The van der Waals surface area contributed by atoms with Gasteiger partial charge in [-0.2, -0.15) is 0 Å². The van der Waals surface area contributed by atoms with E-state index in [4.69, 9.17) is 9.47 Å². The van der Waals surface area contributed by atoms with E-state index in [0.29, 0.717) is 0 Å². The van der Waals surface area contributed by atoms with Crippen molar-refractivity contribution in [2.24, 2.45) is 0 Å². The molecule has 0 aliphatic carbocycles. The van der Waals surface area contributed by atoms with Gasteiger partial charge in [-0.15, -0.1) is 0 Å². The van der Waals surface area contributed by atoms with Gasteiger partial charge in [-0.1, -0.05) is 0 Å². The number of pyridine rings is 1. The van der Waals surface area contributed by atoms with E-state index < -0.39 is 24.2 Å². The van der Waals surface area contributed by atoms with Crippen molar-refractivity contribution < 1.29 is 23.5 Å². The van der Waals surface area contributed by atoms with Gasteiger partial charge in [0, 0.05) is 17.5 Å². The van der Waals surface area contributed by atoms with Crippen LogP contribution in [0.1, 0.15) is 26.4 Å². The minimum atomic E-state index is -0.658. The number of esters is 1. The maximum Gasteiger partial charge on any atom is 0.340 e. The molecule has 1 aromatic carbocycles. The fourth-order valence-corrected chi connectivity index (χ4v) is 1.73. The number of ketones is 1. The number of halogens is 1. The van der Waals surface area contributed by atoms with Crippen molar-refractivity contribution in [2.75, 3.05) is 13.7 Å². The van der Waals surface area contributed by atoms with Crippen molar-refractivity contribution in [1.82, 2.24) is 4.98 Å². The fraction of sp³-hybridized carbons (Fsp3) is 0.188. The first-order chi connectivity index (χ1) is 10.5. The second-order valence-electron chi connectivity index (χ2n) is 4.54. The molecule has 0 radical (unpaired) electrons. The Bertz CT molecular complexity index is 698. The van der Waals surface area contributed by atoms with Crippen molar-refractivity contribution >= 4 is 11.8 Å². The molecule has 0 unspecified atom stereocenters. The largest absolute Gasteiger partial charge is 0.494 e. The first kappa shape index (κ1) is 15.6. The first-order valence-corrected chi connectivity index (χ1v) is 6.48. The van der Waals surface area contributed by atoms with E-state index in [1.807, 2.05) is 0 Å². The predicted octanol–water partition coefficient (Wildman–Crippen LogP) is 2.58. The smallest absolute Gasteiger partial charge is 0.340 e. The number of nitrogens with zero attached hydrogens (tertiary/aromatic N) is 1. The second-order valence-corrected chi connectivity index (χ2v) is 4.54. The molecular formula is C16H14FNO4. The van der Waals surface area contributed by atoms with E-state index in [1.165, 1.54) is 25.4 Å². The van der Waals surface area contributed by atoms with Gasteiger partial charge in [0.2, 0.25) is 0 Å². The molecular weight excluding hydrogens is 289 g/mol. The van der Waals surface area contributed by atoms with E-state index in [1.54, 1.807) is 19.1 Å².